The van der Waals surface area contributed by atoms with E-state index in [4.69, 9.17) is 9.47 Å². The Morgan fingerprint density at radius 3 is 2.35 bits per heavy atom. The first kappa shape index (κ1) is 21.2. The molecule has 0 aliphatic carbocycles. The summed E-state index contributed by atoms with van der Waals surface area (Å²) in [6, 6.07) is 7.47. The first-order valence-electron chi connectivity index (χ1n) is 10.2. The highest BCUT2D eigenvalue weighted by Gasteiger charge is 2.48. The third-order valence-electron chi connectivity index (χ3n) is 5.51. The molecule has 1 aromatic carbocycles. The molecule has 4 atom stereocenters. The number of anilines is 1. The van der Waals surface area contributed by atoms with Crippen LogP contribution in [0.25, 0.3) is 0 Å². The molecule has 3 N–H and O–H groups in total. The number of nitrogens with one attached hydrogen (secondary N) is 2. The molecule has 3 heterocycles. The molecule has 31 heavy (non-hydrogen) atoms. The van der Waals surface area contributed by atoms with Gasteiger partial charge in [-0.15, -0.1) is 0 Å². The van der Waals surface area contributed by atoms with Crippen LogP contribution in [0, 0.1) is 0 Å². The van der Waals surface area contributed by atoms with Gasteiger partial charge in [0.15, 0.2) is 0 Å². The van der Waals surface area contributed by atoms with Crippen LogP contribution in [0.1, 0.15) is 47.2 Å². The molecule has 4 rings (SSSR count). The number of carboxylic acids is 1. The van der Waals surface area contributed by atoms with Crippen LogP contribution in [0.3, 0.4) is 0 Å². The van der Waals surface area contributed by atoms with Gasteiger partial charge < -0.3 is 25.2 Å². The van der Waals surface area contributed by atoms with Gasteiger partial charge in [0.25, 0.3) is 5.91 Å². The molecule has 0 spiro atoms. The molecule has 0 unspecified atom stereocenters. The predicted octanol–water partition coefficient (Wildman–Crippen LogP) is 1.85. The summed E-state index contributed by atoms with van der Waals surface area (Å²) in [7, 11) is 0. The number of ether oxygens (including phenoxy) is 2. The lowest BCUT2D eigenvalue weighted by molar-refractivity contribution is 0.0646. The van der Waals surface area contributed by atoms with Crippen molar-refractivity contribution in [1.82, 2.24) is 15.3 Å². The van der Waals surface area contributed by atoms with E-state index in [1.54, 1.807) is 18.3 Å². The third-order valence-corrected chi connectivity index (χ3v) is 5.51. The number of carbonyl (C=O) groups is 2. The average molecular weight is 426 g/mol. The Labute approximate surface area is 180 Å². The molecule has 1 amide bonds. The number of hydrogen-bond donors (Lipinski definition) is 3. The number of aromatic nitrogens is 2. The Morgan fingerprint density at radius 1 is 1.03 bits per heavy atom. The van der Waals surface area contributed by atoms with E-state index in [-0.39, 0.29) is 47.4 Å². The number of aromatic carboxylic acids is 1. The normalized spacial score (nSPS) is 25.1. The van der Waals surface area contributed by atoms with Gasteiger partial charge in [-0.3, -0.25) is 4.79 Å². The summed E-state index contributed by atoms with van der Waals surface area (Å²) >= 11 is 0. The molecular weight excluding hydrogens is 400 g/mol. The van der Waals surface area contributed by atoms with Gasteiger partial charge in [-0.25, -0.2) is 14.8 Å². The van der Waals surface area contributed by atoms with Gasteiger partial charge in [0.05, 0.1) is 42.1 Å². The summed E-state index contributed by atoms with van der Waals surface area (Å²) in [5.41, 5.74) is 0.895. The van der Waals surface area contributed by atoms with Crippen LogP contribution >= 0.6 is 0 Å². The predicted molar refractivity (Wildman–Crippen MR) is 112 cm³/mol. The molecule has 164 valence electrons. The Hall–Kier alpha value is -3.04. The monoisotopic (exact) mass is 426 g/mol. The molecule has 0 bridgehead atoms. The SMILES string of the molecule is CC(C)(C)c1ccnc(N[C@H]2CO[C@H]3[C@@H]2OC[C@@H]3NC(=O)c2ccccc2C(=O)O)n1. The van der Waals surface area contributed by atoms with E-state index in [0.29, 0.717) is 12.6 Å². The van der Waals surface area contributed by atoms with Crippen molar-refractivity contribution in [2.45, 2.75) is 50.5 Å². The third kappa shape index (κ3) is 4.38. The summed E-state index contributed by atoms with van der Waals surface area (Å²) in [5.74, 6) is -1.10. The topological polar surface area (TPSA) is 123 Å². The molecule has 2 aliphatic rings. The molecule has 0 radical (unpaired) electrons. The first-order valence-corrected chi connectivity index (χ1v) is 10.2. The fourth-order valence-corrected chi connectivity index (χ4v) is 3.87. The van der Waals surface area contributed by atoms with E-state index < -0.39 is 11.9 Å². The first-order chi connectivity index (χ1) is 14.7. The number of benzene rings is 1. The zero-order chi connectivity index (χ0) is 22.2. The highest BCUT2D eigenvalue weighted by atomic mass is 16.6. The van der Waals surface area contributed by atoms with Gasteiger partial charge in [0.2, 0.25) is 5.95 Å². The molecule has 2 aliphatic heterocycles. The highest BCUT2D eigenvalue weighted by Crippen LogP contribution is 2.29. The molecular formula is C22H26N4O5. The number of nitrogens with zero attached hydrogens (tertiary/aromatic N) is 2. The standard InChI is InChI=1S/C22H26N4O5/c1-22(2,3)16-8-9-23-21(26-16)25-15-11-31-17-14(10-30-18(15)17)24-19(27)12-6-4-5-7-13(12)20(28)29/h4-9,14-15,17-18H,10-11H2,1-3H3,(H,24,27)(H,28,29)(H,23,25,26)/t14-,15-,17+,18+/m0/s1. The molecule has 2 fully saturated rings. The maximum atomic E-state index is 12.7. The molecule has 0 saturated carbocycles. The number of amides is 1. The summed E-state index contributed by atoms with van der Waals surface area (Å²) < 4.78 is 11.8. The van der Waals surface area contributed by atoms with Crippen LogP contribution in [0.4, 0.5) is 5.95 Å². The lowest BCUT2D eigenvalue weighted by Crippen LogP contribution is -2.45. The van der Waals surface area contributed by atoms with Crippen molar-refractivity contribution in [2.24, 2.45) is 0 Å². The smallest absolute Gasteiger partial charge is 0.336 e. The Balaban J connectivity index is 1.42. The lowest BCUT2D eigenvalue weighted by atomic mass is 9.92. The second kappa shape index (κ2) is 8.24. The van der Waals surface area contributed by atoms with Crippen LogP contribution in [-0.2, 0) is 14.9 Å². The van der Waals surface area contributed by atoms with Crippen LogP contribution < -0.4 is 10.6 Å². The van der Waals surface area contributed by atoms with Crippen molar-refractivity contribution in [3.05, 3.63) is 53.3 Å². The van der Waals surface area contributed by atoms with Crippen molar-refractivity contribution in [1.29, 1.82) is 0 Å². The second-order valence-corrected chi connectivity index (χ2v) is 8.79. The summed E-state index contributed by atoms with van der Waals surface area (Å²) in [6.07, 6.45) is 1.10. The zero-order valence-corrected chi connectivity index (χ0v) is 17.7. The van der Waals surface area contributed by atoms with E-state index in [1.165, 1.54) is 12.1 Å². The number of carbonyl (C=O) groups excluding carboxylic acids is 1. The van der Waals surface area contributed by atoms with Gasteiger partial charge in [0.1, 0.15) is 12.2 Å². The van der Waals surface area contributed by atoms with Gasteiger partial charge in [-0.2, -0.15) is 0 Å². The van der Waals surface area contributed by atoms with E-state index >= 15 is 0 Å². The van der Waals surface area contributed by atoms with E-state index in [0.717, 1.165) is 5.69 Å². The van der Waals surface area contributed by atoms with Crippen LogP contribution in [0.15, 0.2) is 36.5 Å². The van der Waals surface area contributed by atoms with Gasteiger partial charge in [0, 0.05) is 11.6 Å². The van der Waals surface area contributed by atoms with Crippen molar-refractivity contribution in [2.75, 3.05) is 18.5 Å². The van der Waals surface area contributed by atoms with Crippen LogP contribution in [0.2, 0.25) is 0 Å². The number of hydrogen-bond acceptors (Lipinski definition) is 7. The lowest BCUT2D eigenvalue weighted by Gasteiger charge is -2.21. The van der Waals surface area contributed by atoms with Crippen molar-refractivity contribution in [3.8, 4) is 0 Å². The van der Waals surface area contributed by atoms with E-state index in [2.05, 4.69) is 41.4 Å². The summed E-state index contributed by atoms with van der Waals surface area (Å²) in [4.78, 5) is 33.0. The maximum absolute atomic E-state index is 12.7. The molecule has 2 aromatic rings. The van der Waals surface area contributed by atoms with Crippen molar-refractivity contribution < 1.29 is 24.2 Å². The van der Waals surface area contributed by atoms with Crippen LogP contribution in [0.5, 0.6) is 0 Å². The average Bonchev–Trinajstić information content (AvgIpc) is 3.31. The second-order valence-electron chi connectivity index (χ2n) is 8.79. The minimum atomic E-state index is -1.15. The van der Waals surface area contributed by atoms with Gasteiger partial charge >= 0.3 is 5.97 Å². The van der Waals surface area contributed by atoms with Crippen molar-refractivity contribution >= 4 is 17.8 Å². The fourth-order valence-electron chi connectivity index (χ4n) is 3.87. The van der Waals surface area contributed by atoms with E-state index in [9.17, 15) is 14.7 Å². The number of carboxylic acid groups (broad SMARTS) is 1. The maximum Gasteiger partial charge on any atom is 0.336 e. The Morgan fingerprint density at radius 2 is 1.68 bits per heavy atom. The molecule has 9 heteroatoms. The Kier molecular flexibility index (Phi) is 5.63. The minimum absolute atomic E-state index is 0.0433. The largest absolute Gasteiger partial charge is 0.478 e. The molecule has 2 saturated heterocycles. The number of fused-ring (bicyclic) bond motifs is 1. The van der Waals surface area contributed by atoms with Gasteiger partial charge in [-0.05, 0) is 18.2 Å². The summed E-state index contributed by atoms with van der Waals surface area (Å²) in [6.45, 7) is 6.92. The Bertz CT molecular complexity index is 990. The molecule has 1 aromatic heterocycles. The zero-order valence-electron chi connectivity index (χ0n) is 17.7. The van der Waals surface area contributed by atoms with Crippen LogP contribution in [-0.4, -0.2) is 64.5 Å². The molecule has 9 nitrogen and oxygen atoms in total. The summed E-state index contributed by atoms with van der Waals surface area (Å²) in [5, 5.41) is 15.5. The quantitative estimate of drug-likeness (QED) is 0.662. The fraction of sp³-hybridized carbons (Fsp3) is 0.455. The van der Waals surface area contributed by atoms with Gasteiger partial charge in [-0.1, -0.05) is 32.9 Å². The highest BCUT2D eigenvalue weighted by molar-refractivity contribution is 6.04. The van der Waals surface area contributed by atoms with Crippen molar-refractivity contribution in [3.63, 3.8) is 0 Å². The minimum Gasteiger partial charge on any atom is -0.478 e. The van der Waals surface area contributed by atoms with E-state index in [1.807, 2.05) is 6.07 Å². The number of rotatable bonds is 5.